The first-order chi connectivity index (χ1) is 8.58. The number of aryl methyl sites for hydroxylation is 1. The van der Waals surface area contributed by atoms with E-state index in [4.69, 9.17) is 39.5 Å². The predicted octanol–water partition coefficient (Wildman–Crippen LogP) is 4.62. The van der Waals surface area contributed by atoms with Crippen molar-refractivity contribution in [3.63, 3.8) is 0 Å². The Kier molecular flexibility index (Phi) is 4.27. The van der Waals surface area contributed by atoms with Gasteiger partial charge in [-0.3, -0.25) is 0 Å². The van der Waals surface area contributed by atoms with Crippen LogP contribution in [0.1, 0.15) is 11.4 Å². The minimum atomic E-state index is 0.240. The summed E-state index contributed by atoms with van der Waals surface area (Å²) in [6.07, 6.45) is 0. The molecule has 3 nitrogen and oxygen atoms in total. The Balaban J connectivity index is 2.27. The zero-order chi connectivity index (χ0) is 13.1. The highest BCUT2D eigenvalue weighted by Gasteiger charge is 2.06. The Morgan fingerprint density at radius 3 is 2.56 bits per heavy atom. The van der Waals surface area contributed by atoms with E-state index in [1.54, 1.807) is 24.3 Å². The van der Waals surface area contributed by atoms with E-state index < -0.39 is 0 Å². The van der Waals surface area contributed by atoms with Crippen LogP contribution in [0.15, 0.2) is 24.3 Å². The summed E-state index contributed by atoms with van der Waals surface area (Å²) in [6.45, 7) is 1.85. The minimum absolute atomic E-state index is 0.240. The zero-order valence-corrected chi connectivity index (χ0v) is 11.7. The summed E-state index contributed by atoms with van der Waals surface area (Å²) >= 11 is 17.5. The molecule has 2 rings (SSSR count). The third-order valence-electron chi connectivity index (χ3n) is 2.12. The molecule has 0 unspecified atom stereocenters. The Morgan fingerprint density at radius 2 is 1.89 bits per heavy atom. The van der Waals surface area contributed by atoms with Gasteiger partial charge in [0.2, 0.25) is 0 Å². The van der Waals surface area contributed by atoms with Crippen LogP contribution in [-0.2, 0) is 5.88 Å². The number of rotatable bonds is 3. The van der Waals surface area contributed by atoms with Crippen LogP contribution in [0.25, 0.3) is 0 Å². The lowest BCUT2D eigenvalue weighted by Crippen LogP contribution is -1.97. The number of aromatic nitrogens is 2. The molecule has 0 radical (unpaired) electrons. The molecule has 0 amide bonds. The summed E-state index contributed by atoms with van der Waals surface area (Å²) in [7, 11) is 0. The van der Waals surface area contributed by atoms with Crippen molar-refractivity contribution in [1.29, 1.82) is 0 Å². The van der Waals surface area contributed by atoms with E-state index in [1.165, 1.54) is 0 Å². The lowest BCUT2D eigenvalue weighted by molar-refractivity contribution is 0.438. The molecule has 2 aromatic rings. The number of hydrogen-bond donors (Lipinski definition) is 0. The maximum absolute atomic E-state index is 5.90. The second-order valence-electron chi connectivity index (χ2n) is 3.59. The van der Waals surface area contributed by atoms with Gasteiger partial charge in [0.05, 0.1) is 21.6 Å². The van der Waals surface area contributed by atoms with Gasteiger partial charge in [0.1, 0.15) is 5.75 Å². The maximum atomic E-state index is 5.90. The summed E-state index contributed by atoms with van der Waals surface area (Å²) in [6, 6.07) is 6.99. The van der Waals surface area contributed by atoms with Crippen LogP contribution >= 0.6 is 34.8 Å². The van der Waals surface area contributed by atoms with E-state index in [0.717, 1.165) is 5.69 Å². The van der Waals surface area contributed by atoms with Gasteiger partial charge < -0.3 is 4.74 Å². The molecule has 0 atom stereocenters. The first kappa shape index (κ1) is 13.4. The Hall–Kier alpha value is -1.03. The third-order valence-corrected chi connectivity index (χ3v) is 3.14. The molecule has 0 N–H and O–H groups in total. The van der Waals surface area contributed by atoms with Crippen molar-refractivity contribution in [2.45, 2.75) is 12.8 Å². The van der Waals surface area contributed by atoms with Crippen molar-refractivity contribution in [2.75, 3.05) is 0 Å². The number of benzene rings is 1. The van der Waals surface area contributed by atoms with Crippen LogP contribution in [0, 0.1) is 6.92 Å². The molecule has 1 aromatic heterocycles. The van der Waals surface area contributed by atoms with Crippen LogP contribution in [0.4, 0.5) is 0 Å². The average molecular weight is 304 g/mol. The average Bonchev–Trinajstić information content (AvgIpc) is 2.33. The molecule has 1 heterocycles. The summed E-state index contributed by atoms with van der Waals surface area (Å²) in [5.41, 5.74) is 1.50. The molecule has 0 aliphatic rings. The van der Waals surface area contributed by atoms with Crippen molar-refractivity contribution in [2.24, 2.45) is 0 Å². The van der Waals surface area contributed by atoms with E-state index in [-0.39, 0.29) is 6.01 Å². The van der Waals surface area contributed by atoms with Crippen molar-refractivity contribution >= 4 is 34.8 Å². The van der Waals surface area contributed by atoms with Gasteiger partial charge in [-0.15, -0.1) is 11.6 Å². The van der Waals surface area contributed by atoms with E-state index in [0.29, 0.717) is 27.4 Å². The van der Waals surface area contributed by atoms with Crippen LogP contribution in [0.5, 0.6) is 11.8 Å². The second kappa shape index (κ2) is 5.74. The molecule has 0 bridgehead atoms. The molecule has 0 fully saturated rings. The molecule has 1 aromatic carbocycles. The van der Waals surface area contributed by atoms with Crippen LogP contribution in [0.2, 0.25) is 10.0 Å². The van der Waals surface area contributed by atoms with E-state index >= 15 is 0 Å². The quantitative estimate of drug-likeness (QED) is 0.776. The summed E-state index contributed by atoms with van der Waals surface area (Å²) in [4.78, 5) is 8.32. The molecular weight excluding hydrogens is 295 g/mol. The predicted molar refractivity (Wildman–Crippen MR) is 72.9 cm³/mol. The van der Waals surface area contributed by atoms with Gasteiger partial charge in [-0.05, 0) is 25.1 Å². The number of hydrogen-bond acceptors (Lipinski definition) is 3. The fraction of sp³-hybridized carbons (Fsp3) is 0.167. The van der Waals surface area contributed by atoms with Gasteiger partial charge in [0.25, 0.3) is 0 Å². The Bertz CT molecular complexity index is 575. The Morgan fingerprint density at radius 1 is 1.11 bits per heavy atom. The number of halogens is 3. The smallest absolute Gasteiger partial charge is 0.322 e. The number of alkyl halides is 1. The molecule has 0 saturated carbocycles. The van der Waals surface area contributed by atoms with Crippen molar-refractivity contribution < 1.29 is 4.74 Å². The molecule has 94 valence electrons. The second-order valence-corrected chi connectivity index (χ2v) is 4.68. The molecule has 0 saturated heterocycles. The SMILES string of the molecule is Cc1cc(CCl)nc(Oc2ccc(Cl)c(Cl)c2)n1. The van der Waals surface area contributed by atoms with Crippen molar-refractivity contribution in [1.82, 2.24) is 9.97 Å². The van der Waals surface area contributed by atoms with Crippen molar-refractivity contribution in [3.8, 4) is 11.8 Å². The molecule has 0 aliphatic heterocycles. The first-order valence-electron chi connectivity index (χ1n) is 5.12. The van der Waals surface area contributed by atoms with Gasteiger partial charge in [-0.2, -0.15) is 4.98 Å². The van der Waals surface area contributed by atoms with Gasteiger partial charge in [0.15, 0.2) is 0 Å². The minimum Gasteiger partial charge on any atom is -0.424 e. The maximum Gasteiger partial charge on any atom is 0.322 e. The zero-order valence-electron chi connectivity index (χ0n) is 9.45. The highest BCUT2D eigenvalue weighted by molar-refractivity contribution is 6.42. The van der Waals surface area contributed by atoms with E-state index in [1.807, 2.05) is 6.92 Å². The third kappa shape index (κ3) is 3.25. The monoisotopic (exact) mass is 302 g/mol. The first-order valence-corrected chi connectivity index (χ1v) is 6.41. The standard InChI is InChI=1S/C12H9Cl3N2O/c1-7-4-8(6-13)17-12(16-7)18-9-2-3-10(14)11(15)5-9/h2-5H,6H2,1H3. The van der Waals surface area contributed by atoms with Gasteiger partial charge in [-0.25, -0.2) is 4.98 Å². The topological polar surface area (TPSA) is 35.0 Å². The molecule has 0 spiro atoms. The van der Waals surface area contributed by atoms with Crippen LogP contribution in [-0.4, -0.2) is 9.97 Å². The fourth-order valence-electron chi connectivity index (χ4n) is 1.36. The lowest BCUT2D eigenvalue weighted by atomic mass is 10.3. The Labute approximate surface area is 120 Å². The summed E-state index contributed by atoms with van der Waals surface area (Å²) in [5, 5.41) is 0.884. The summed E-state index contributed by atoms with van der Waals surface area (Å²) in [5.74, 6) is 0.830. The molecular formula is C12H9Cl3N2O. The lowest BCUT2D eigenvalue weighted by Gasteiger charge is -2.06. The van der Waals surface area contributed by atoms with Crippen LogP contribution < -0.4 is 4.74 Å². The molecule has 6 heteroatoms. The van der Waals surface area contributed by atoms with Gasteiger partial charge in [-0.1, -0.05) is 23.2 Å². The largest absolute Gasteiger partial charge is 0.424 e. The molecule has 18 heavy (non-hydrogen) atoms. The number of nitrogens with zero attached hydrogens (tertiary/aromatic N) is 2. The molecule has 0 aliphatic carbocycles. The van der Waals surface area contributed by atoms with E-state index in [2.05, 4.69) is 9.97 Å². The van der Waals surface area contributed by atoms with Crippen molar-refractivity contribution in [3.05, 3.63) is 45.7 Å². The van der Waals surface area contributed by atoms with E-state index in [9.17, 15) is 0 Å². The highest BCUT2D eigenvalue weighted by Crippen LogP contribution is 2.28. The van der Waals surface area contributed by atoms with Gasteiger partial charge in [0, 0.05) is 11.8 Å². The number of ether oxygens (including phenoxy) is 1. The van der Waals surface area contributed by atoms with Gasteiger partial charge >= 0.3 is 6.01 Å². The summed E-state index contributed by atoms with van der Waals surface area (Å²) < 4.78 is 5.51. The van der Waals surface area contributed by atoms with Crippen LogP contribution in [0.3, 0.4) is 0 Å². The fourth-order valence-corrected chi connectivity index (χ4v) is 1.79. The normalized spacial score (nSPS) is 10.4. The highest BCUT2D eigenvalue weighted by atomic mass is 35.5.